The zero-order chi connectivity index (χ0) is 27.8. The predicted molar refractivity (Wildman–Crippen MR) is 151 cm³/mol. The number of ether oxygens (including phenoxy) is 1. The highest BCUT2D eigenvalue weighted by Gasteiger charge is 2.27. The van der Waals surface area contributed by atoms with E-state index in [0.29, 0.717) is 78.3 Å². The number of amides is 2. The van der Waals surface area contributed by atoms with Crippen LogP contribution in [-0.2, 0) is 4.79 Å². The molecule has 6 rings (SSSR count). The lowest BCUT2D eigenvalue weighted by Crippen LogP contribution is -2.42. The Kier molecular flexibility index (Phi) is 6.85. The van der Waals surface area contributed by atoms with E-state index in [2.05, 4.69) is 26.8 Å². The first-order chi connectivity index (χ1) is 19.4. The zero-order valence-corrected chi connectivity index (χ0v) is 22.2. The summed E-state index contributed by atoms with van der Waals surface area (Å²) in [6.45, 7) is 5.47. The molecule has 0 bridgehead atoms. The summed E-state index contributed by atoms with van der Waals surface area (Å²) in [5, 5.41) is 4.58. The Morgan fingerprint density at radius 3 is 2.80 bits per heavy atom. The molecule has 204 valence electrons. The summed E-state index contributed by atoms with van der Waals surface area (Å²) in [4.78, 5) is 40.9. The molecule has 2 aromatic heterocycles. The number of halogens is 2. The molecule has 40 heavy (non-hydrogen) atoms. The fourth-order valence-electron chi connectivity index (χ4n) is 5.20. The highest BCUT2D eigenvalue weighted by atomic mass is 35.5. The lowest BCUT2D eigenvalue weighted by molar-refractivity contribution is -0.114. The summed E-state index contributed by atoms with van der Waals surface area (Å²) in [5.74, 6) is 0.337. The van der Waals surface area contributed by atoms with Gasteiger partial charge in [0.05, 0.1) is 29.1 Å². The van der Waals surface area contributed by atoms with Gasteiger partial charge in [0, 0.05) is 47.4 Å². The number of rotatable bonds is 5. The van der Waals surface area contributed by atoms with Gasteiger partial charge < -0.3 is 24.8 Å². The van der Waals surface area contributed by atoms with Crippen molar-refractivity contribution in [1.82, 2.24) is 19.9 Å². The second kappa shape index (κ2) is 10.6. The second-order valence-corrected chi connectivity index (χ2v) is 10.1. The summed E-state index contributed by atoms with van der Waals surface area (Å²) in [5.41, 5.74) is 3.12. The van der Waals surface area contributed by atoms with Gasteiger partial charge in [0.25, 0.3) is 11.8 Å². The third-order valence-corrected chi connectivity index (χ3v) is 7.55. The van der Waals surface area contributed by atoms with Gasteiger partial charge in [-0.25, -0.2) is 14.4 Å². The van der Waals surface area contributed by atoms with Crippen LogP contribution < -0.4 is 15.0 Å². The van der Waals surface area contributed by atoms with Gasteiger partial charge in [0.15, 0.2) is 0 Å². The molecule has 9 nitrogen and oxygen atoms in total. The van der Waals surface area contributed by atoms with Crippen LogP contribution in [0, 0.1) is 5.82 Å². The van der Waals surface area contributed by atoms with Gasteiger partial charge in [-0.3, -0.25) is 9.59 Å². The van der Waals surface area contributed by atoms with E-state index < -0.39 is 0 Å². The van der Waals surface area contributed by atoms with Gasteiger partial charge in [0.1, 0.15) is 18.2 Å². The van der Waals surface area contributed by atoms with Gasteiger partial charge in [-0.1, -0.05) is 18.2 Å². The maximum absolute atomic E-state index is 13.6. The minimum atomic E-state index is -0.325. The van der Waals surface area contributed by atoms with E-state index in [0.717, 1.165) is 10.9 Å². The first-order valence-electron chi connectivity index (χ1n) is 13.0. The van der Waals surface area contributed by atoms with Crippen LogP contribution in [0.3, 0.4) is 0 Å². The number of nitrogens with one attached hydrogen (secondary N) is 2. The van der Waals surface area contributed by atoms with Crippen molar-refractivity contribution in [3.63, 3.8) is 0 Å². The molecule has 2 aliphatic heterocycles. The molecule has 1 fully saturated rings. The number of aromatic amines is 1. The number of fused-ring (bicyclic) bond motifs is 2. The Morgan fingerprint density at radius 1 is 1.18 bits per heavy atom. The Balaban J connectivity index is 1.12. The van der Waals surface area contributed by atoms with E-state index in [1.807, 2.05) is 4.90 Å². The molecule has 2 aliphatic rings. The van der Waals surface area contributed by atoms with E-state index in [9.17, 15) is 14.0 Å². The third kappa shape index (κ3) is 4.86. The van der Waals surface area contributed by atoms with E-state index in [-0.39, 0.29) is 23.7 Å². The molecule has 1 saturated heterocycles. The Labute approximate surface area is 234 Å². The first kappa shape index (κ1) is 25.8. The minimum absolute atomic E-state index is 0.0699. The van der Waals surface area contributed by atoms with Crippen LogP contribution >= 0.6 is 11.6 Å². The predicted octanol–water partition coefficient (Wildman–Crippen LogP) is 5.05. The molecule has 4 aromatic rings. The molecule has 0 atom stereocenters. The molecule has 0 saturated carbocycles. The van der Waals surface area contributed by atoms with Crippen LogP contribution in [0.2, 0.25) is 5.02 Å². The lowest BCUT2D eigenvalue weighted by Gasteiger charge is -2.33. The number of H-pyrrole nitrogens is 1. The number of nitrogens with zero attached hydrogens (tertiary/aromatic N) is 4. The average Bonchev–Trinajstić information content (AvgIpc) is 3.40. The fourth-order valence-corrected chi connectivity index (χ4v) is 5.40. The number of anilines is 2. The van der Waals surface area contributed by atoms with Crippen LogP contribution in [0.25, 0.3) is 22.2 Å². The molecular formula is C29H26ClFN6O3. The molecule has 2 aromatic carbocycles. The van der Waals surface area contributed by atoms with E-state index in [1.165, 1.54) is 18.2 Å². The van der Waals surface area contributed by atoms with Crippen molar-refractivity contribution in [2.75, 3.05) is 36.5 Å². The fraction of sp³-hybridized carbons (Fsp3) is 0.241. The van der Waals surface area contributed by atoms with Crippen LogP contribution in [0.5, 0.6) is 5.75 Å². The number of hydrogen-bond acceptors (Lipinski definition) is 6. The highest BCUT2D eigenvalue weighted by molar-refractivity contribution is 6.33. The lowest BCUT2D eigenvalue weighted by atomic mass is 10.0. The second-order valence-electron chi connectivity index (χ2n) is 9.72. The number of carbonyl (C=O) groups excluding carboxylic acids is 2. The Bertz CT molecular complexity index is 1630. The summed E-state index contributed by atoms with van der Waals surface area (Å²) >= 11 is 6.43. The van der Waals surface area contributed by atoms with E-state index in [4.69, 9.17) is 16.3 Å². The van der Waals surface area contributed by atoms with Gasteiger partial charge in [-0.2, -0.15) is 0 Å². The van der Waals surface area contributed by atoms with Crippen molar-refractivity contribution in [1.29, 1.82) is 0 Å². The smallest absolute Gasteiger partial charge is 0.253 e. The summed E-state index contributed by atoms with van der Waals surface area (Å²) in [6.07, 6.45) is 6.00. The first-order valence-corrected chi connectivity index (χ1v) is 13.3. The standard InChI is InChI=1S/C29H26ClFN6O3/c1-2-26(38)37-11-12-40-25-13-17(3-6-24(25)37)28(39)36-9-7-19(8-10-36)34-29-33-16-22(30)27(35-29)21-15-32-23-14-18(31)4-5-20(21)23/h2-6,13-16,19,32H,1,7-12H2,(H,33,34,35). The van der Waals surface area contributed by atoms with Gasteiger partial charge in [-0.15, -0.1) is 0 Å². The van der Waals surface area contributed by atoms with Crippen LogP contribution in [-0.4, -0.2) is 63.9 Å². The van der Waals surface area contributed by atoms with Crippen molar-refractivity contribution in [3.05, 3.63) is 77.9 Å². The molecule has 0 radical (unpaired) electrons. The van der Waals surface area contributed by atoms with Gasteiger partial charge >= 0.3 is 0 Å². The summed E-state index contributed by atoms with van der Waals surface area (Å²) < 4.78 is 19.4. The third-order valence-electron chi connectivity index (χ3n) is 7.27. The topological polar surface area (TPSA) is 103 Å². The minimum Gasteiger partial charge on any atom is -0.490 e. The van der Waals surface area contributed by atoms with Crippen molar-refractivity contribution in [2.24, 2.45) is 0 Å². The van der Waals surface area contributed by atoms with Crippen LogP contribution in [0.4, 0.5) is 16.0 Å². The largest absolute Gasteiger partial charge is 0.490 e. The van der Waals surface area contributed by atoms with Crippen molar-refractivity contribution < 1.29 is 18.7 Å². The highest BCUT2D eigenvalue weighted by Crippen LogP contribution is 2.34. The number of piperidine rings is 1. The van der Waals surface area contributed by atoms with Crippen molar-refractivity contribution in [2.45, 2.75) is 18.9 Å². The quantitative estimate of drug-likeness (QED) is 0.331. The normalized spacial score (nSPS) is 15.4. The Hall–Kier alpha value is -4.44. The monoisotopic (exact) mass is 560 g/mol. The molecule has 0 spiro atoms. The molecule has 2 N–H and O–H groups in total. The van der Waals surface area contributed by atoms with E-state index >= 15 is 0 Å². The maximum atomic E-state index is 13.6. The van der Waals surface area contributed by atoms with Crippen molar-refractivity contribution in [3.8, 4) is 17.0 Å². The number of benzene rings is 2. The average molecular weight is 561 g/mol. The van der Waals surface area contributed by atoms with Crippen LogP contribution in [0.1, 0.15) is 23.2 Å². The molecule has 0 aliphatic carbocycles. The molecule has 2 amide bonds. The SMILES string of the molecule is C=CC(=O)N1CCOc2cc(C(=O)N3CCC(Nc4ncc(Cl)c(-c5c[nH]c6cc(F)ccc56)n4)CC3)ccc21. The number of aromatic nitrogens is 3. The molecule has 4 heterocycles. The Morgan fingerprint density at radius 2 is 2.00 bits per heavy atom. The molecule has 0 unspecified atom stereocenters. The maximum Gasteiger partial charge on any atom is 0.253 e. The van der Waals surface area contributed by atoms with E-state index in [1.54, 1.807) is 41.6 Å². The van der Waals surface area contributed by atoms with Crippen molar-refractivity contribution >= 4 is 46.0 Å². The van der Waals surface area contributed by atoms with Gasteiger partial charge in [-0.05, 0) is 55.3 Å². The zero-order valence-electron chi connectivity index (χ0n) is 21.5. The van der Waals surface area contributed by atoms with Crippen LogP contribution in [0.15, 0.2) is 61.4 Å². The number of hydrogen-bond donors (Lipinski definition) is 2. The number of carbonyl (C=O) groups is 2. The summed E-state index contributed by atoms with van der Waals surface area (Å²) in [6, 6.07) is 9.77. The molecular weight excluding hydrogens is 535 g/mol. The van der Waals surface area contributed by atoms with Gasteiger partial charge in [0.2, 0.25) is 5.95 Å². The molecule has 11 heteroatoms. The number of likely N-dealkylation sites (tertiary alicyclic amines) is 1. The summed E-state index contributed by atoms with van der Waals surface area (Å²) in [7, 11) is 0.